The zero-order valence-electron chi connectivity index (χ0n) is 17.9. The lowest BCUT2D eigenvalue weighted by atomic mass is 9.99. The number of piperazine rings is 1. The molecule has 3 aromatic rings. The molecule has 0 unspecified atom stereocenters. The Kier molecular flexibility index (Phi) is 7.43. The van der Waals surface area contributed by atoms with Gasteiger partial charge in [-0.3, -0.25) is 9.80 Å². The minimum absolute atomic E-state index is 0.270. The van der Waals surface area contributed by atoms with Crippen LogP contribution in [0.3, 0.4) is 0 Å². The number of ether oxygens (including phenoxy) is 1. The topological polar surface area (TPSA) is 53.0 Å². The molecule has 0 aromatic heterocycles. The number of hydrogen-bond acceptors (Lipinski definition) is 4. The van der Waals surface area contributed by atoms with E-state index >= 15 is 0 Å². The Hall–Kier alpha value is -2.86. The molecule has 0 spiro atoms. The summed E-state index contributed by atoms with van der Waals surface area (Å²) < 4.78 is 5.78. The van der Waals surface area contributed by atoms with Crippen molar-refractivity contribution in [1.82, 2.24) is 9.80 Å². The fraction of sp³-hybridized carbons (Fsp3) is 0.269. The molecule has 1 heterocycles. The summed E-state index contributed by atoms with van der Waals surface area (Å²) in [5, 5.41) is 9.72. The van der Waals surface area contributed by atoms with Crippen LogP contribution in [-0.4, -0.2) is 60.2 Å². The molecule has 166 valence electrons. The van der Waals surface area contributed by atoms with Crippen molar-refractivity contribution in [2.24, 2.45) is 0 Å². The van der Waals surface area contributed by atoms with Gasteiger partial charge in [-0.1, -0.05) is 48.0 Å². The molecule has 1 aliphatic heterocycles. The summed E-state index contributed by atoms with van der Waals surface area (Å²) in [5.74, 6) is -0.224. The van der Waals surface area contributed by atoms with Gasteiger partial charge in [0.25, 0.3) is 0 Å². The summed E-state index contributed by atoms with van der Waals surface area (Å²) in [5.41, 5.74) is 4.05. The van der Waals surface area contributed by atoms with Gasteiger partial charge in [-0.05, 0) is 53.1 Å². The second-order valence-electron chi connectivity index (χ2n) is 7.96. The summed E-state index contributed by atoms with van der Waals surface area (Å²) in [4.78, 5) is 15.8. The van der Waals surface area contributed by atoms with E-state index in [-0.39, 0.29) is 5.56 Å². The first-order valence-corrected chi connectivity index (χ1v) is 11.2. The molecule has 1 N–H and O–H groups in total. The molecular weight excluding hydrogens is 424 g/mol. The van der Waals surface area contributed by atoms with Crippen molar-refractivity contribution in [3.63, 3.8) is 0 Å². The fourth-order valence-electron chi connectivity index (χ4n) is 3.97. The highest BCUT2D eigenvalue weighted by Crippen LogP contribution is 2.26. The summed E-state index contributed by atoms with van der Waals surface area (Å²) in [6.07, 6.45) is 0. The summed E-state index contributed by atoms with van der Waals surface area (Å²) in [6, 6.07) is 23.2. The molecule has 32 heavy (non-hydrogen) atoms. The quantitative estimate of drug-likeness (QED) is 0.529. The van der Waals surface area contributed by atoms with Crippen molar-refractivity contribution in [3.05, 3.63) is 88.9 Å². The van der Waals surface area contributed by atoms with E-state index < -0.39 is 5.97 Å². The second kappa shape index (κ2) is 10.6. The van der Waals surface area contributed by atoms with Gasteiger partial charge in [0.05, 0.1) is 5.56 Å². The molecule has 1 saturated heterocycles. The molecule has 0 aliphatic carbocycles. The molecule has 0 radical (unpaired) electrons. The van der Waals surface area contributed by atoms with Gasteiger partial charge in [-0.2, -0.15) is 0 Å². The number of hydrogen-bond donors (Lipinski definition) is 1. The third-order valence-corrected chi connectivity index (χ3v) is 6.06. The summed E-state index contributed by atoms with van der Waals surface area (Å²) >= 11 is 6.05. The Morgan fingerprint density at radius 1 is 0.875 bits per heavy atom. The molecule has 3 aromatic carbocycles. The minimum atomic E-state index is -0.926. The first-order chi connectivity index (χ1) is 15.6. The Morgan fingerprint density at radius 2 is 1.53 bits per heavy atom. The van der Waals surface area contributed by atoms with E-state index in [2.05, 4.69) is 46.2 Å². The lowest BCUT2D eigenvalue weighted by molar-refractivity contribution is 0.0697. The third-order valence-electron chi connectivity index (χ3n) is 5.81. The van der Waals surface area contributed by atoms with E-state index in [0.717, 1.165) is 44.3 Å². The van der Waals surface area contributed by atoms with Crippen LogP contribution < -0.4 is 4.74 Å². The Balaban J connectivity index is 1.25. The monoisotopic (exact) mass is 450 g/mol. The third kappa shape index (κ3) is 5.88. The highest BCUT2D eigenvalue weighted by molar-refractivity contribution is 6.30. The number of rotatable bonds is 8. The predicted octanol–water partition coefficient (Wildman–Crippen LogP) is 4.90. The van der Waals surface area contributed by atoms with Crippen LogP contribution in [0.25, 0.3) is 11.1 Å². The lowest BCUT2D eigenvalue weighted by Crippen LogP contribution is -2.47. The molecule has 5 nitrogen and oxygen atoms in total. The Bertz CT molecular complexity index is 1030. The van der Waals surface area contributed by atoms with E-state index in [1.807, 2.05) is 12.1 Å². The molecule has 0 atom stereocenters. The number of carboxylic acids is 1. The minimum Gasteiger partial charge on any atom is -0.492 e. The van der Waals surface area contributed by atoms with E-state index in [1.54, 1.807) is 24.3 Å². The van der Waals surface area contributed by atoms with E-state index in [0.29, 0.717) is 12.4 Å². The van der Waals surface area contributed by atoms with Gasteiger partial charge in [0.1, 0.15) is 12.4 Å². The van der Waals surface area contributed by atoms with E-state index in [4.69, 9.17) is 21.4 Å². The fourth-order valence-corrected chi connectivity index (χ4v) is 4.09. The van der Waals surface area contributed by atoms with Crippen molar-refractivity contribution in [1.29, 1.82) is 0 Å². The lowest BCUT2D eigenvalue weighted by Gasteiger charge is -2.35. The standard InChI is InChI=1S/C26H27ClN2O3/c27-23-9-5-20(6-10-23)25-4-2-1-3-22(25)19-29-15-13-28(14-16-29)17-18-32-24-11-7-21(8-12-24)26(30)31/h1-12H,13-19H2,(H,30,31). The molecule has 6 heteroatoms. The zero-order valence-corrected chi connectivity index (χ0v) is 18.7. The average Bonchev–Trinajstić information content (AvgIpc) is 2.81. The van der Waals surface area contributed by atoms with Crippen LogP contribution in [0.2, 0.25) is 5.02 Å². The van der Waals surface area contributed by atoms with Crippen molar-refractivity contribution < 1.29 is 14.6 Å². The molecule has 0 amide bonds. The van der Waals surface area contributed by atoms with Crippen molar-refractivity contribution in [2.45, 2.75) is 6.54 Å². The highest BCUT2D eigenvalue weighted by atomic mass is 35.5. The first kappa shape index (κ1) is 22.3. The van der Waals surface area contributed by atoms with Gasteiger partial charge in [0.15, 0.2) is 0 Å². The maximum Gasteiger partial charge on any atom is 0.335 e. The number of nitrogens with zero attached hydrogens (tertiary/aromatic N) is 2. The average molecular weight is 451 g/mol. The SMILES string of the molecule is O=C(O)c1ccc(OCCN2CCN(Cc3ccccc3-c3ccc(Cl)cc3)CC2)cc1. The summed E-state index contributed by atoms with van der Waals surface area (Å²) in [7, 11) is 0. The molecule has 4 rings (SSSR count). The smallest absolute Gasteiger partial charge is 0.335 e. The van der Waals surface area contributed by atoms with Crippen molar-refractivity contribution in [2.75, 3.05) is 39.3 Å². The van der Waals surface area contributed by atoms with Crippen LogP contribution in [0.4, 0.5) is 0 Å². The zero-order chi connectivity index (χ0) is 22.3. The molecular formula is C26H27ClN2O3. The Labute approximate surface area is 193 Å². The van der Waals surface area contributed by atoms with Gasteiger partial charge >= 0.3 is 5.97 Å². The molecule has 0 bridgehead atoms. The van der Waals surface area contributed by atoms with Crippen LogP contribution in [0.15, 0.2) is 72.8 Å². The molecule has 1 aliphatic rings. The number of carboxylic acid groups (broad SMARTS) is 1. The number of halogens is 1. The van der Waals surface area contributed by atoms with E-state index in [9.17, 15) is 4.79 Å². The second-order valence-corrected chi connectivity index (χ2v) is 8.40. The van der Waals surface area contributed by atoms with Gasteiger partial charge in [-0.15, -0.1) is 0 Å². The number of benzene rings is 3. The Morgan fingerprint density at radius 3 is 2.22 bits per heavy atom. The van der Waals surface area contributed by atoms with E-state index in [1.165, 1.54) is 16.7 Å². The van der Waals surface area contributed by atoms with Crippen LogP contribution >= 0.6 is 11.6 Å². The molecule has 0 saturated carbocycles. The highest BCUT2D eigenvalue weighted by Gasteiger charge is 2.18. The van der Waals surface area contributed by atoms with Crippen LogP contribution in [0.1, 0.15) is 15.9 Å². The maximum absolute atomic E-state index is 10.9. The number of aromatic carboxylic acids is 1. The largest absolute Gasteiger partial charge is 0.492 e. The maximum atomic E-state index is 10.9. The van der Waals surface area contributed by atoms with Gasteiger partial charge in [-0.25, -0.2) is 4.79 Å². The van der Waals surface area contributed by atoms with Crippen molar-refractivity contribution in [3.8, 4) is 16.9 Å². The number of carbonyl (C=O) groups is 1. The predicted molar refractivity (Wildman–Crippen MR) is 128 cm³/mol. The molecule has 1 fully saturated rings. The summed E-state index contributed by atoms with van der Waals surface area (Å²) in [6.45, 7) is 6.42. The van der Waals surface area contributed by atoms with Gasteiger partial charge in [0.2, 0.25) is 0 Å². The first-order valence-electron chi connectivity index (χ1n) is 10.8. The van der Waals surface area contributed by atoms with Gasteiger partial charge in [0, 0.05) is 44.3 Å². The van der Waals surface area contributed by atoms with Gasteiger partial charge < -0.3 is 9.84 Å². The van der Waals surface area contributed by atoms with Crippen molar-refractivity contribution >= 4 is 17.6 Å². The van der Waals surface area contributed by atoms with Crippen LogP contribution in [-0.2, 0) is 6.54 Å². The van der Waals surface area contributed by atoms with Crippen LogP contribution in [0, 0.1) is 0 Å². The normalized spacial score (nSPS) is 14.9. The van der Waals surface area contributed by atoms with Crippen LogP contribution in [0.5, 0.6) is 5.75 Å².